The van der Waals surface area contributed by atoms with E-state index in [0.717, 1.165) is 37.4 Å². The van der Waals surface area contributed by atoms with Crippen LogP contribution in [0.15, 0.2) is 54.9 Å². The molecule has 1 aromatic carbocycles. The van der Waals surface area contributed by atoms with Crippen LogP contribution in [0.1, 0.15) is 17.0 Å². The number of hydrogen-bond acceptors (Lipinski definition) is 3. The minimum Gasteiger partial charge on any atom is -0.364 e. The molecule has 0 spiro atoms. The average Bonchev–Trinajstić information content (AvgIpc) is 3.08. The molecule has 0 fully saturated rings. The minimum absolute atomic E-state index is 0.831. The fourth-order valence-electron chi connectivity index (χ4n) is 2.94. The molecule has 1 aliphatic rings. The smallest absolute Gasteiger partial charge is 0.159 e. The first kappa shape index (κ1) is 13.2. The van der Waals surface area contributed by atoms with Gasteiger partial charge in [0.05, 0.1) is 5.69 Å². The predicted molar refractivity (Wildman–Crippen MR) is 86.1 cm³/mol. The van der Waals surface area contributed by atoms with Crippen LogP contribution in [-0.4, -0.2) is 26.4 Å². The van der Waals surface area contributed by atoms with Crippen LogP contribution in [0.3, 0.4) is 0 Å². The van der Waals surface area contributed by atoms with Crippen molar-refractivity contribution in [3.8, 4) is 11.4 Å². The van der Waals surface area contributed by atoms with E-state index < -0.39 is 0 Å². The van der Waals surface area contributed by atoms with Crippen molar-refractivity contribution < 1.29 is 0 Å². The molecule has 1 N–H and O–H groups in total. The fraction of sp³-hybridized carbons (Fsp3) is 0.222. The summed E-state index contributed by atoms with van der Waals surface area (Å²) in [4.78, 5) is 15.0. The van der Waals surface area contributed by atoms with Crippen LogP contribution in [0, 0.1) is 0 Å². The summed E-state index contributed by atoms with van der Waals surface area (Å²) < 4.78 is 0. The molecular weight excluding hydrogens is 272 g/mol. The summed E-state index contributed by atoms with van der Waals surface area (Å²) in [6.07, 6.45) is 4.95. The lowest BCUT2D eigenvalue weighted by atomic mass is 10.1. The first-order valence-corrected chi connectivity index (χ1v) is 7.63. The lowest BCUT2D eigenvalue weighted by Gasteiger charge is -2.27. The highest BCUT2D eigenvalue weighted by Crippen LogP contribution is 2.21. The number of H-pyrrole nitrogens is 1. The number of aromatic nitrogens is 3. The van der Waals surface area contributed by atoms with Gasteiger partial charge in [0.15, 0.2) is 5.82 Å². The monoisotopic (exact) mass is 290 g/mol. The molecule has 0 aliphatic carbocycles. The van der Waals surface area contributed by atoms with E-state index in [1.165, 1.54) is 17.0 Å². The molecule has 0 radical (unpaired) electrons. The Bertz CT molecular complexity index is 750. The van der Waals surface area contributed by atoms with E-state index in [9.17, 15) is 0 Å². The van der Waals surface area contributed by atoms with Crippen molar-refractivity contribution >= 4 is 0 Å². The van der Waals surface area contributed by atoms with E-state index in [-0.39, 0.29) is 0 Å². The zero-order chi connectivity index (χ0) is 14.8. The molecule has 0 amide bonds. The van der Waals surface area contributed by atoms with Gasteiger partial charge >= 0.3 is 0 Å². The Labute approximate surface area is 129 Å². The van der Waals surface area contributed by atoms with Gasteiger partial charge in [0, 0.05) is 55.3 Å². The van der Waals surface area contributed by atoms with Gasteiger partial charge in [-0.05, 0) is 12.1 Å². The quantitative estimate of drug-likeness (QED) is 0.806. The second kappa shape index (κ2) is 5.73. The van der Waals surface area contributed by atoms with Gasteiger partial charge in [-0.3, -0.25) is 4.90 Å². The van der Waals surface area contributed by atoms with Crippen LogP contribution in [-0.2, 0) is 19.5 Å². The Hall–Kier alpha value is -2.46. The Morgan fingerprint density at radius 2 is 2.00 bits per heavy atom. The third kappa shape index (κ3) is 2.65. The van der Waals surface area contributed by atoms with Gasteiger partial charge in [-0.2, -0.15) is 0 Å². The Balaban J connectivity index is 1.54. The summed E-state index contributed by atoms with van der Waals surface area (Å²) in [6.45, 7) is 2.91. The summed E-state index contributed by atoms with van der Waals surface area (Å²) in [5.74, 6) is 0.831. The van der Waals surface area contributed by atoms with Gasteiger partial charge in [0.25, 0.3) is 0 Å². The van der Waals surface area contributed by atoms with Crippen molar-refractivity contribution in [2.24, 2.45) is 0 Å². The molecule has 1 aliphatic heterocycles. The van der Waals surface area contributed by atoms with E-state index in [4.69, 9.17) is 4.98 Å². The van der Waals surface area contributed by atoms with Gasteiger partial charge in [0.1, 0.15) is 0 Å². The molecule has 0 saturated heterocycles. The molecule has 4 heteroatoms. The first-order chi connectivity index (χ1) is 10.9. The van der Waals surface area contributed by atoms with E-state index in [1.807, 2.05) is 36.7 Å². The van der Waals surface area contributed by atoms with Gasteiger partial charge in [-0.15, -0.1) is 0 Å². The van der Waals surface area contributed by atoms with E-state index >= 15 is 0 Å². The Morgan fingerprint density at radius 3 is 2.82 bits per heavy atom. The van der Waals surface area contributed by atoms with E-state index in [0.29, 0.717) is 0 Å². The first-order valence-electron chi connectivity index (χ1n) is 7.63. The highest BCUT2D eigenvalue weighted by Gasteiger charge is 2.19. The zero-order valence-electron chi connectivity index (χ0n) is 12.4. The molecule has 0 unspecified atom stereocenters. The molecule has 2 aromatic heterocycles. The number of rotatable bonds is 3. The molecule has 0 atom stereocenters. The van der Waals surface area contributed by atoms with E-state index in [1.54, 1.807) is 0 Å². The molecule has 110 valence electrons. The third-order valence-corrected chi connectivity index (χ3v) is 4.10. The predicted octanol–water partition coefficient (Wildman–Crippen LogP) is 3.03. The zero-order valence-corrected chi connectivity index (χ0v) is 12.4. The van der Waals surface area contributed by atoms with Crippen molar-refractivity contribution in [3.05, 3.63) is 71.8 Å². The summed E-state index contributed by atoms with van der Waals surface area (Å²) in [5, 5.41) is 0. The molecule has 0 saturated carbocycles. The maximum atomic E-state index is 4.77. The van der Waals surface area contributed by atoms with Crippen molar-refractivity contribution in [2.75, 3.05) is 6.54 Å². The van der Waals surface area contributed by atoms with Crippen molar-refractivity contribution in [2.45, 2.75) is 19.5 Å². The van der Waals surface area contributed by atoms with Crippen LogP contribution in [0.2, 0.25) is 0 Å². The minimum atomic E-state index is 0.831. The molecule has 3 heterocycles. The summed E-state index contributed by atoms with van der Waals surface area (Å²) in [5.41, 5.74) is 4.78. The molecule has 4 rings (SSSR count). The van der Waals surface area contributed by atoms with E-state index in [2.05, 4.69) is 33.1 Å². The Kier molecular flexibility index (Phi) is 3.45. The number of nitrogens with one attached hydrogen (secondary N) is 1. The molecule has 3 aromatic rings. The van der Waals surface area contributed by atoms with Crippen LogP contribution >= 0.6 is 0 Å². The van der Waals surface area contributed by atoms with Crippen LogP contribution in [0.5, 0.6) is 0 Å². The third-order valence-electron chi connectivity index (χ3n) is 4.10. The standard InChI is InChI=1S/C18H18N4/c1-2-5-14(6-3-1)18-20-11-15-12-22(10-8-17(15)21-18)13-16-7-4-9-19-16/h1-7,9,11,19H,8,10,12-13H2. The van der Waals surface area contributed by atoms with Gasteiger partial charge in [-0.25, -0.2) is 9.97 Å². The van der Waals surface area contributed by atoms with Crippen LogP contribution in [0.4, 0.5) is 0 Å². The maximum absolute atomic E-state index is 4.77. The molecule has 22 heavy (non-hydrogen) atoms. The fourth-order valence-corrected chi connectivity index (χ4v) is 2.94. The number of aromatic amines is 1. The Morgan fingerprint density at radius 1 is 1.09 bits per heavy atom. The number of hydrogen-bond donors (Lipinski definition) is 1. The summed E-state index contributed by atoms with van der Waals surface area (Å²) in [7, 11) is 0. The molecular formula is C18H18N4. The van der Waals surface area contributed by atoms with Gasteiger partial charge < -0.3 is 4.98 Å². The second-order valence-electron chi connectivity index (χ2n) is 5.69. The number of nitrogens with zero attached hydrogens (tertiary/aromatic N) is 3. The average molecular weight is 290 g/mol. The highest BCUT2D eigenvalue weighted by atomic mass is 15.1. The lowest BCUT2D eigenvalue weighted by Crippen LogP contribution is -2.31. The van der Waals surface area contributed by atoms with Crippen molar-refractivity contribution in [3.63, 3.8) is 0 Å². The summed E-state index contributed by atoms with van der Waals surface area (Å²) >= 11 is 0. The van der Waals surface area contributed by atoms with Gasteiger partial charge in [-0.1, -0.05) is 30.3 Å². The van der Waals surface area contributed by atoms with Crippen LogP contribution < -0.4 is 0 Å². The lowest BCUT2D eigenvalue weighted by molar-refractivity contribution is 0.240. The second-order valence-corrected chi connectivity index (χ2v) is 5.69. The van der Waals surface area contributed by atoms with Crippen LogP contribution in [0.25, 0.3) is 11.4 Å². The van der Waals surface area contributed by atoms with Gasteiger partial charge in [0.2, 0.25) is 0 Å². The summed E-state index contributed by atoms with van der Waals surface area (Å²) in [6, 6.07) is 14.4. The number of fused-ring (bicyclic) bond motifs is 1. The molecule has 0 bridgehead atoms. The number of benzene rings is 1. The topological polar surface area (TPSA) is 44.8 Å². The largest absolute Gasteiger partial charge is 0.364 e. The maximum Gasteiger partial charge on any atom is 0.159 e. The van der Waals surface area contributed by atoms with Crippen molar-refractivity contribution in [1.82, 2.24) is 19.9 Å². The molecule has 4 nitrogen and oxygen atoms in total. The SMILES string of the molecule is c1ccc(-c2ncc3c(n2)CCN(Cc2ccc[nH]2)C3)cc1. The normalized spacial score (nSPS) is 14.7. The highest BCUT2D eigenvalue weighted by molar-refractivity contribution is 5.54. The van der Waals surface area contributed by atoms with Crippen molar-refractivity contribution in [1.29, 1.82) is 0 Å².